The van der Waals surface area contributed by atoms with Crippen LogP contribution in [0, 0.1) is 13.8 Å². The fraction of sp³-hybridized carbons (Fsp3) is 0.750. The van der Waals surface area contributed by atoms with Crippen LogP contribution in [0.1, 0.15) is 30.3 Å². The molecule has 0 fully saturated rings. The smallest absolute Gasteiger partial charge is 0.0641 e. The van der Waals surface area contributed by atoms with Crippen LogP contribution in [0.5, 0.6) is 0 Å². The molecule has 0 amide bonds. The summed E-state index contributed by atoms with van der Waals surface area (Å²) >= 11 is 1.90. The van der Waals surface area contributed by atoms with Crippen molar-refractivity contribution in [2.45, 2.75) is 40.3 Å². The fourth-order valence-electron chi connectivity index (χ4n) is 1.82. The van der Waals surface area contributed by atoms with Crippen molar-refractivity contribution in [2.75, 3.05) is 18.6 Å². The second-order valence-corrected chi connectivity index (χ2v) is 4.98. The normalized spacial score (nSPS) is 11.0. The summed E-state index contributed by atoms with van der Waals surface area (Å²) < 4.78 is 2.15. The molecule has 0 aliphatic carbocycles. The minimum atomic E-state index is 0.941. The van der Waals surface area contributed by atoms with E-state index in [1.165, 1.54) is 29.1 Å². The number of rotatable bonds is 7. The Morgan fingerprint density at radius 2 is 2.12 bits per heavy atom. The van der Waals surface area contributed by atoms with Crippen molar-refractivity contribution in [1.29, 1.82) is 0 Å². The van der Waals surface area contributed by atoms with Crippen molar-refractivity contribution < 1.29 is 0 Å². The maximum absolute atomic E-state index is 4.60. The van der Waals surface area contributed by atoms with Crippen LogP contribution in [0.25, 0.3) is 0 Å². The van der Waals surface area contributed by atoms with Crippen LogP contribution in [0.2, 0.25) is 0 Å². The van der Waals surface area contributed by atoms with E-state index in [9.17, 15) is 0 Å². The lowest BCUT2D eigenvalue weighted by Gasteiger charge is -2.05. The van der Waals surface area contributed by atoms with Gasteiger partial charge in [0.1, 0.15) is 0 Å². The number of thioether (sulfide) groups is 1. The minimum absolute atomic E-state index is 0.941. The van der Waals surface area contributed by atoms with Gasteiger partial charge in [-0.25, -0.2) is 0 Å². The Balaban J connectivity index is 2.64. The van der Waals surface area contributed by atoms with Crippen molar-refractivity contribution in [3.05, 3.63) is 17.0 Å². The molecular weight excluding hydrogens is 218 g/mol. The first kappa shape index (κ1) is 13.6. The molecule has 0 aliphatic rings. The molecule has 1 rings (SSSR count). The lowest BCUT2D eigenvalue weighted by Crippen LogP contribution is -2.13. The van der Waals surface area contributed by atoms with Gasteiger partial charge in [-0.1, -0.05) is 6.92 Å². The predicted molar refractivity (Wildman–Crippen MR) is 72.1 cm³/mol. The van der Waals surface area contributed by atoms with Gasteiger partial charge in [0.2, 0.25) is 0 Å². The van der Waals surface area contributed by atoms with Crippen LogP contribution < -0.4 is 5.32 Å². The summed E-state index contributed by atoms with van der Waals surface area (Å²) in [4.78, 5) is 0. The van der Waals surface area contributed by atoms with E-state index >= 15 is 0 Å². The van der Waals surface area contributed by atoms with E-state index in [1.807, 2.05) is 11.8 Å². The summed E-state index contributed by atoms with van der Waals surface area (Å²) in [5.74, 6) is 1.21. The Bertz CT molecular complexity index is 320. The van der Waals surface area contributed by atoms with E-state index in [-0.39, 0.29) is 0 Å². The van der Waals surface area contributed by atoms with Crippen LogP contribution in [-0.2, 0) is 13.1 Å². The minimum Gasteiger partial charge on any atom is -0.313 e. The molecule has 3 nitrogen and oxygen atoms in total. The van der Waals surface area contributed by atoms with Crippen molar-refractivity contribution in [2.24, 2.45) is 0 Å². The Hall–Kier alpha value is -0.480. The molecule has 1 aromatic rings. The first-order chi connectivity index (χ1) is 7.70. The van der Waals surface area contributed by atoms with Gasteiger partial charge >= 0.3 is 0 Å². The largest absolute Gasteiger partial charge is 0.313 e. The average Bonchev–Trinajstić information content (AvgIpc) is 2.53. The van der Waals surface area contributed by atoms with Crippen molar-refractivity contribution >= 4 is 11.8 Å². The monoisotopic (exact) mass is 241 g/mol. The summed E-state index contributed by atoms with van der Waals surface area (Å²) in [7, 11) is 0. The van der Waals surface area contributed by atoms with E-state index in [2.05, 4.69) is 42.1 Å². The Labute approximate surface area is 103 Å². The number of hydrogen-bond acceptors (Lipinski definition) is 3. The van der Waals surface area contributed by atoms with Crippen molar-refractivity contribution in [1.82, 2.24) is 15.1 Å². The first-order valence-electron chi connectivity index (χ1n) is 5.93. The Morgan fingerprint density at radius 3 is 2.75 bits per heavy atom. The number of nitrogens with zero attached hydrogens (tertiary/aromatic N) is 2. The molecule has 4 heteroatoms. The molecular formula is C12H23N3S. The summed E-state index contributed by atoms with van der Waals surface area (Å²) in [6, 6.07) is 0. The molecule has 92 valence electrons. The molecule has 0 atom stereocenters. The van der Waals surface area contributed by atoms with Gasteiger partial charge in [0, 0.05) is 24.3 Å². The third-order valence-electron chi connectivity index (χ3n) is 2.80. The van der Waals surface area contributed by atoms with Crippen molar-refractivity contribution in [3.63, 3.8) is 0 Å². The molecule has 16 heavy (non-hydrogen) atoms. The van der Waals surface area contributed by atoms with E-state index in [0.29, 0.717) is 0 Å². The van der Waals surface area contributed by atoms with E-state index in [1.54, 1.807) is 0 Å². The maximum atomic E-state index is 4.60. The highest BCUT2D eigenvalue weighted by Crippen LogP contribution is 2.13. The fourth-order valence-corrected chi connectivity index (χ4v) is 2.23. The first-order valence-corrected chi connectivity index (χ1v) is 7.32. The topological polar surface area (TPSA) is 29.9 Å². The van der Waals surface area contributed by atoms with Gasteiger partial charge in [0.25, 0.3) is 0 Å². The van der Waals surface area contributed by atoms with Gasteiger partial charge in [-0.2, -0.15) is 16.9 Å². The number of nitrogens with one attached hydrogen (secondary N) is 1. The van der Waals surface area contributed by atoms with Gasteiger partial charge in [0.05, 0.1) is 5.69 Å². The molecule has 0 spiro atoms. The third-order valence-corrected chi connectivity index (χ3v) is 3.50. The molecule has 1 N–H and O–H groups in total. The number of aromatic nitrogens is 2. The zero-order chi connectivity index (χ0) is 12.0. The second-order valence-electron chi connectivity index (χ2n) is 4.00. The Morgan fingerprint density at radius 1 is 1.38 bits per heavy atom. The molecule has 1 aromatic heterocycles. The molecule has 0 radical (unpaired) electrons. The third kappa shape index (κ3) is 3.52. The molecule has 0 aliphatic heterocycles. The van der Waals surface area contributed by atoms with Gasteiger partial charge in [-0.15, -0.1) is 0 Å². The van der Waals surface area contributed by atoms with E-state index < -0.39 is 0 Å². The van der Waals surface area contributed by atoms with Crippen LogP contribution >= 0.6 is 11.8 Å². The predicted octanol–water partition coefficient (Wildman–Crippen LogP) is 2.36. The van der Waals surface area contributed by atoms with Gasteiger partial charge < -0.3 is 5.32 Å². The SMILES string of the molecule is CCNCc1c(C)nn(CCCSC)c1C. The zero-order valence-corrected chi connectivity index (χ0v) is 11.7. The molecule has 0 aromatic carbocycles. The van der Waals surface area contributed by atoms with Crippen LogP contribution in [0.15, 0.2) is 0 Å². The van der Waals surface area contributed by atoms with Crippen molar-refractivity contribution in [3.8, 4) is 0 Å². The molecule has 0 saturated heterocycles. The number of aryl methyl sites for hydroxylation is 2. The summed E-state index contributed by atoms with van der Waals surface area (Å²) in [6.07, 6.45) is 3.35. The lowest BCUT2D eigenvalue weighted by atomic mass is 10.2. The summed E-state index contributed by atoms with van der Waals surface area (Å²) in [5.41, 5.74) is 3.85. The highest BCUT2D eigenvalue weighted by Gasteiger charge is 2.10. The quantitative estimate of drug-likeness (QED) is 0.743. The maximum Gasteiger partial charge on any atom is 0.0641 e. The highest BCUT2D eigenvalue weighted by molar-refractivity contribution is 7.98. The number of hydrogen-bond donors (Lipinski definition) is 1. The molecule has 0 saturated carbocycles. The van der Waals surface area contributed by atoms with Gasteiger partial charge in [-0.05, 0) is 38.8 Å². The Kier molecular flexibility index (Phi) is 5.91. The summed E-state index contributed by atoms with van der Waals surface area (Å²) in [5, 5.41) is 7.97. The van der Waals surface area contributed by atoms with Crippen LogP contribution in [-0.4, -0.2) is 28.3 Å². The van der Waals surface area contributed by atoms with Crippen LogP contribution in [0.4, 0.5) is 0 Å². The average molecular weight is 241 g/mol. The highest BCUT2D eigenvalue weighted by atomic mass is 32.2. The standard InChI is InChI=1S/C12H23N3S/c1-5-13-9-12-10(2)14-15(11(12)3)7-6-8-16-4/h13H,5-9H2,1-4H3. The lowest BCUT2D eigenvalue weighted by molar-refractivity contribution is 0.585. The van der Waals surface area contributed by atoms with E-state index in [0.717, 1.165) is 19.6 Å². The van der Waals surface area contributed by atoms with Gasteiger partial charge in [-0.3, -0.25) is 4.68 Å². The molecule has 0 bridgehead atoms. The molecule has 1 heterocycles. The van der Waals surface area contributed by atoms with E-state index in [4.69, 9.17) is 0 Å². The zero-order valence-electron chi connectivity index (χ0n) is 10.8. The molecule has 0 unspecified atom stereocenters. The second kappa shape index (κ2) is 6.97. The summed E-state index contributed by atoms with van der Waals surface area (Å²) in [6.45, 7) is 9.40. The van der Waals surface area contributed by atoms with Gasteiger partial charge in [0.15, 0.2) is 0 Å². The van der Waals surface area contributed by atoms with Crippen LogP contribution in [0.3, 0.4) is 0 Å².